The van der Waals surface area contributed by atoms with Crippen molar-refractivity contribution in [3.8, 4) is 0 Å². The molecule has 0 bridgehead atoms. The summed E-state index contributed by atoms with van der Waals surface area (Å²) in [7, 11) is -3.90. The maximum absolute atomic E-state index is 14.3. The minimum atomic E-state index is -3.90. The van der Waals surface area contributed by atoms with Crippen LogP contribution in [-0.4, -0.2) is 62.9 Å². The van der Waals surface area contributed by atoms with Crippen molar-refractivity contribution < 1.29 is 22.3 Å². The lowest BCUT2D eigenvalue weighted by molar-refractivity contribution is 0.0765. The molecule has 0 saturated carbocycles. The highest BCUT2D eigenvalue weighted by Gasteiger charge is 2.43. The van der Waals surface area contributed by atoms with Crippen molar-refractivity contribution in [1.29, 1.82) is 0 Å². The number of rotatable bonds is 3. The summed E-state index contributed by atoms with van der Waals surface area (Å²) in [5, 5.41) is 0. The Kier molecular flexibility index (Phi) is 4.53. The number of sulfonamides is 1. The number of carbonyl (C=O) groups excluding carboxylic acids is 1. The zero-order chi connectivity index (χ0) is 18.4. The highest BCUT2D eigenvalue weighted by atomic mass is 32.2. The molecule has 1 atom stereocenters. The van der Waals surface area contributed by atoms with Crippen LogP contribution in [-0.2, 0) is 14.8 Å². The van der Waals surface area contributed by atoms with Crippen LogP contribution in [0.1, 0.15) is 36.0 Å². The molecule has 3 aliphatic heterocycles. The number of hydrogen-bond acceptors (Lipinski definition) is 4. The predicted octanol–water partition coefficient (Wildman–Crippen LogP) is 1.86. The van der Waals surface area contributed by atoms with Crippen molar-refractivity contribution in [3.63, 3.8) is 0 Å². The van der Waals surface area contributed by atoms with Crippen molar-refractivity contribution >= 4 is 15.9 Å². The molecule has 0 aliphatic carbocycles. The van der Waals surface area contributed by atoms with Gasteiger partial charge < -0.3 is 9.64 Å². The van der Waals surface area contributed by atoms with Gasteiger partial charge >= 0.3 is 0 Å². The van der Waals surface area contributed by atoms with Crippen LogP contribution in [0.25, 0.3) is 0 Å². The second-order valence-electron chi connectivity index (χ2n) is 7.54. The number of nitrogens with zero attached hydrogens (tertiary/aromatic N) is 2. The summed E-state index contributed by atoms with van der Waals surface area (Å²) in [5.74, 6) is -1.05. The fourth-order valence-electron chi connectivity index (χ4n) is 4.16. The molecule has 0 radical (unpaired) electrons. The highest BCUT2D eigenvalue weighted by Crippen LogP contribution is 2.38. The fourth-order valence-corrected chi connectivity index (χ4v) is 5.77. The van der Waals surface area contributed by atoms with Crippen LogP contribution in [0.4, 0.5) is 4.39 Å². The maximum Gasteiger partial charge on any atom is 0.253 e. The van der Waals surface area contributed by atoms with Gasteiger partial charge in [0.15, 0.2) is 0 Å². The second kappa shape index (κ2) is 6.58. The van der Waals surface area contributed by atoms with E-state index in [2.05, 4.69) is 0 Å². The van der Waals surface area contributed by atoms with Crippen molar-refractivity contribution in [1.82, 2.24) is 9.21 Å². The highest BCUT2D eigenvalue weighted by molar-refractivity contribution is 7.89. The van der Waals surface area contributed by atoms with Crippen molar-refractivity contribution in [2.75, 3.05) is 39.4 Å². The standard InChI is InChI=1S/C18H23FN2O4S/c19-15-4-3-14(11-16(15)26(23,24)21-7-1-2-8-21)17(22)20-9-5-18(12-20)6-10-25-13-18/h3-4,11H,1-2,5-10,12-13H2. The minimum absolute atomic E-state index is 0.0279. The predicted molar refractivity (Wildman–Crippen MR) is 92.8 cm³/mol. The van der Waals surface area contributed by atoms with E-state index in [0.717, 1.165) is 38.4 Å². The summed E-state index contributed by atoms with van der Waals surface area (Å²) in [6, 6.07) is 3.65. The third-order valence-corrected chi connectivity index (χ3v) is 7.69. The molecular formula is C18H23FN2O4S. The first kappa shape index (κ1) is 17.9. The normalized spacial score (nSPS) is 26.9. The molecule has 3 fully saturated rings. The summed E-state index contributed by atoms with van der Waals surface area (Å²) in [5.41, 5.74) is 0.250. The molecule has 1 spiro atoms. The summed E-state index contributed by atoms with van der Waals surface area (Å²) >= 11 is 0. The molecule has 1 aromatic carbocycles. The van der Waals surface area contributed by atoms with E-state index in [-0.39, 0.29) is 16.9 Å². The van der Waals surface area contributed by atoms with Gasteiger partial charge in [0, 0.05) is 43.8 Å². The van der Waals surface area contributed by atoms with Crippen LogP contribution in [0.3, 0.4) is 0 Å². The Morgan fingerprint density at radius 1 is 1.15 bits per heavy atom. The summed E-state index contributed by atoms with van der Waals surface area (Å²) < 4.78 is 46.4. The maximum atomic E-state index is 14.3. The Morgan fingerprint density at radius 3 is 2.62 bits per heavy atom. The molecule has 1 aromatic rings. The SMILES string of the molecule is O=C(c1ccc(F)c(S(=O)(=O)N2CCCC2)c1)N1CCC2(CCOC2)C1. The monoisotopic (exact) mass is 382 g/mol. The average molecular weight is 382 g/mol. The van der Waals surface area contributed by atoms with Crippen LogP contribution < -0.4 is 0 Å². The van der Waals surface area contributed by atoms with Crippen LogP contribution in [0.15, 0.2) is 23.1 Å². The average Bonchev–Trinajstić information content (AvgIpc) is 3.38. The molecule has 0 N–H and O–H groups in total. The first-order valence-corrected chi connectivity index (χ1v) is 10.5. The summed E-state index contributed by atoms with van der Waals surface area (Å²) in [6.45, 7) is 3.40. The first-order valence-electron chi connectivity index (χ1n) is 9.08. The molecule has 4 rings (SSSR count). The number of amides is 1. The number of likely N-dealkylation sites (tertiary alicyclic amines) is 1. The molecular weight excluding hydrogens is 359 g/mol. The van der Waals surface area contributed by atoms with Crippen molar-refractivity contribution in [2.45, 2.75) is 30.6 Å². The smallest absolute Gasteiger partial charge is 0.253 e. The zero-order valence-electron chi connectivity index (χ0n) is 14.6. The number of ether oxygens (including phenoxy) is 1. The number of hydrogen-bond donors (Lipinski definition) is 0. The lowest BCUT2D eigenvalue weighted by atomic mass is 9.87. The second-order valence-corrected chi connectivity index (χ2v) is 9.44. The Hall–Kier alpha value is -1.51. The number of halogens is 1. The van der Waals surface area contributed by atoms with Crippen LogP contribution in [0.2, 0.25) is 0 Å². The first-order chi connectivity index (χ1) is 12.4. The Morgan fingerprint density at radius 2 is 1.92 bits per heavy atom. The molecule has 142 valence electrons. The van der Waals surface area contributed by atoms with Gasteiger partial charge in [-0.1, -0.05) is 0 Å². The van der Waals surface area contributed by atoms with E-state index in [1.54, 1.807) is 4.90 Å². The van der Waals surface area contributed by atoms with E-state index in [9.17, 15) is 17.6 Å². The Labute approximate surface area is 153 Å². The van der Waals surface area contributed by atoms with Gasteiger partial charge in [-0.15, -0.1) is 0 Å². The van der Waals surface area contributed by atoms with Gasteiger partial charge in [-0.25, -0.2) is 12.8 Å². The number of carbonyl (C=O) groups is 1. The van der Waals surface area contributed by atoms with E-state index < -0.39 is 20.7 Å². The quantitative estimate of drug-likeness (QED) is 0.800. The van der Waals surface area contributed by atoms with Gasteiger partial charge in [0.1, 0.15) is 10.7 Å². The number of benzene rings is 1. The summed E-state index contributed by atoms with van der Waals surface area (Å²) in [4.78, 5) is 14.2. The van der Waals surface area contributed by atoms with Crippen LogP contribution in [0.5, 0.6) is 0 Å². The van der Waals surface area contributed by atoms with Crippen LogP contribution >= 0.6 is 0 Å². The van der Waals surface area contributed by atoms with Gasteiger partial charge in [-0.3, -0.25) is 4.79 Å². The molecule has 3 aliphatic rings. The molecule has 26 heavy (non-hydrogen) atoms. The minimum Gasteiger partial charge on any atom is -0.381 e. The summed E-state index contributed by atoms with van der Waals surface area (Å²) in [6.07, 6.45) is 3.38. The van der Waals surface area contributed by atoms with Gasteiger partial charge in [0.25, 0.3) is 5.91 Å². The fraction of sp³-hybridized carbons (Fsp3) is 0.611. The third kappa shape index (κ3) is 3.04. The zero-order valence-corrected chi connectivity index (χ0v) is 15.4. The van der Waals surface area contributed by atoms with Crippen molar-refractivity contribution in [3.05, 3.63) is 29.6 Å². The van der Waals surface area contributed by atoms with Gasteiger partial charge in [-0.2, -0.15) is 4.31 Å². The Bertz CT molecular complexity index is 814. The van der Waals surface area contributed by atoms with Gasteiger partial charge in [0.05, 0.1) is 6.61 Å². The molecule has 6 nitrogen and oxygen atoms in total. The van der Waals surface area contributed by atoms with E-state index in [4.69, 9.17) is 4.74 Å². The topological polar surface area (TPSA) is 66.9 Å². The molecule has 3 saturated heterocycles. The lowest BCUT2D eigenvalue weighted by Crippen LogP contribution is -2.33. The van der Waals surface area contributed by atoms with E-state index >= 15 is 0 Å². The largest absolute Gasteiger partial charge is 0.381 e. The van der Waals surface area contributed by atoms with Crippen LogP contribution in [0, 0.1) is 11.2 Å². The van der Waals surface area contributed by atoms with Gasteiger partial charge in [0.2, 0.25) is 10.0 Å². The molecule has 1 amide bonds. The van der Waals surface area contributed by atoms with E-state index in [1.807, 2.05) is 0 Å². The van der Waals surface area contributed by atoms with Gasteiger partial charge in [-0.05, 0) is 43.9 Å². The molecule has 0 aromatic heterocycles. The third-order valence-electron chi connectivity index (χ3n) is 5.77. The lowest BCUT2D eigenvalue weighted by Gasteiger charge is -2.22. The van der Waals surface area contributed by atoms with E-state index in [1.165, 1.54) is 16.4 Å². The Balaban J connectivity index is 1.59. The van der Waals surface area contributed by atoms with Crippen molar-refractivity contribution in [2.24, 2.45) is 5.41 Å². The molecule has 8 heteroatoms. The molecule has 1 unspecified atom stereocenters. The molecule has 3 heterocycles. The van der Waals surface area contributed by atoms with E-state index in [0.29, 0.717) is 32.8 Å².